The first-order valence-electron chi connectivity index (χ1n) is 7.58. The van der Waals surface area contributed by atoms with Crippen LogP contribution in [0.15, 0.2) is 53.4 Å². The van der Waals surface area contributed by atoms with Crippen molar-refractivity contribution in [1.82, 2.24) is 0 Å². The van der Waals surface area contributed by atoms with E-state index in [4.69, 9.17) is 5.73 Å². The van der Waals surface area contributed by atoms with Crippen LogP contribution in [0.2, 0.25) is 0 Å². The average Bonchev–Trinajstić information content (AvgIpc) is 2.58. The highest BCUT2D eigenvalue weighted by Gasteiger charge is 2.18. The number of carbonyl (C=O) groups excluding carboxylic acids is 1. The summed E-state index contributed by atoms with van der Waals surface area (Å²) in [7, 11) is -4.45. The molecule has 8 heteroatoms. The number of hydrogen-bond acceptors (Lipinski definition) is 5. The Bertz CT molecular complexity index is 1140. The van der Waals surface area contributed by atoms with Gasteiger partial charge in [0.15, 0.2) is 0 Å². The number of phenolic OH excluding ortho intramolecular Hbond substituents is 1. The summed E-state index contributed by atoms with van der Waals surface area (Å²) in [6, 6.07) is 11.7. The molecule has 0 aliphatic heterocycles. The van der Waals surface area contributed by atoms with Gasteiger partial charge in [-0.3, -0.25) is 9.35 Å². The molecule has 0 spiro atoms. The highest BCUT2D eigenvalue weighted by molar-refractivity contribution is 7.86. The zero-order valence-electron chi connectivity index (χ0n) is 13.7. The summed E-state index contributed by atoms with van der Waals surface area (Å²) < 4.78 is 32.2. The van der Waals surface area contributed by atoms with Crippen molar-refractivity contribution in [2.75, 3.05) is 11.1 Å². The maximum Gasteiger partial charge on any atom is 0.295 e. The van der Waals surface area contributed by atoms with Gasteiger partial charge in [0.1, 0.15) is 10.6 Å². The quantitative estimate of drug-likeness (QED) is 0.318. The van der Waals surface area contributed by atoms with Gasteiger partial charge in [-0.25, -0.2) is 0 Å². The lowest BCUT2D eigenvalue weighted by atomic mass is 10.1. The van der Waals surface area contributed by atoms with E-state index >= 15 is 0 Å². The summed E-state index contributed by atoms with van der Waals surface area (Å²) in [5, 5.41) is 13.3. The molecule has 0 saturated carbocycles. The molecule has 0 radical (unpaired) electrons. The molecule has 0 bridgehead atoms. The number of carbonyl (C=O) groups is 1. The molecule has 1 amide bonds. The molecule has 0 unspecified atom stereocenters. The lowest BCUT2D eigenvalue weighted by Crippen LogP contribution is -2.12. The molecule has 3 rings (SSSR count). The Labute approximate surface area is 149 Å². The number of rotatable bonds is 3. The summed E-state index contributed by atoms with van der Waals surface area (Å²) in [5.41, 5.74) is 7.54. The van der Waals surface area contributed by atoms with E-state index in [0.717, 1.165) is 5.56 Å². The van der Waals surface area contributed by atoms with Crippen molar-refractivity contribution < 1.29 is 22.9 Å². The van der Waals surface area contributed by atoms with Crippen molar-refractivity contribution >= 4 is 38.2 Å². The van der Waals surface area contributed by atoms with Crippen LogP contribution in [0.1, 0.15) is 15.9 Å². The van der Waals surface area contributed by atoms with Crippen molar-refractivity contribution in [3.05, 3.63) is 59.7 Å². The highest BCUT2D eigenvalue weighted by atomic mass is 32.2. The number of nitrogens with two attached hydrogens (primary N) is 1. The van der Waals surface area contributed by atoms with Gasteiger partial charge in [-0.05, 0) is 36.8 Å². The number of aryl methyl sites for hydroxylation is 1. The number of hydrogen-bond donors (Lipinski definition) is 4. The van der Waals surface area contributed by atoms with Crippen LogP contribution in [0, 0.1) is 6.92 Å². The third-order valence-corrected chi connectivity index (χ3v) is 4.97. The van der Waals surface area contributed by atoms with Gasteiger partial charge < -0.3 is 16.2 Å². The van der Waals surface area contributed by atoms with E-state index in [1.165, 1.54) is 36.4 Å². The molecule has 0 aliphatic carbocycles. The number of phenols is 1. The predicted octanol–water partition coefficient (Wildman–Crippen LogP) is 2.94. The van der Waals surface area contributed by atoms with Gasteiger partial charge in [-0.1, -0.05) is 24.3 Å². The first-order valence-corrected chi connectivity index (χ1v) is 9.02. The van der Waals surface area contributed by atoms with Crippen LogP contribution in [-0.2, 0) is 10.1 Å². The maximum absolute atomic E-state index is 12.4. The van der Waals surface area contributed by atoms with Gasteiger partial charge in [-0.15, -0.1) is 0 Å². The third kappa shape index (κ3) is 3.19. The fraction of sp³-hybridized carbons (Fsp3) is 0.0556. The monoisotopic (exact) mass is 372 g/mol. The first-order chi connectivity index (χ1) is 12.2. The number of amides is 1. The minimum absolute atomic E-state index is 0.106. The van der Waals surface area contributed by atoms with Crippen molar-refractivity contribution in [3.8, 4) is 5.75 Å². The van der Waals surface area contributed by atoms with Crippen LogP contribution >= 0.6 is 0 Å². The Hall–Kier alpha value is -3.10. The van der Waals surface area contributed by atoms with Gasteiger partial charge in [0, 0.05) is 22.0 Å². The lowest BCUT2D eigenvalue weighted by Gasteiger charge is -2.12. The molecule has 5 N–H and O–H groups in total. The molecule has 26 heavy (non-hydrogen) atoms. The molecule has 0 aliphatic rings. The summed E-state index contributed by atoms with van der Waals surface area (Å²) in [4.78, 5) is 12.1. The zero-order valence-corrected chi connectivity index (χ0v) is 14.5. The van der Waals surface area contributed by atoms with Crippen LogP contribution in [0.3, 0.4) is 0 Å². The van der Waals surface area contributed by atoms with Gasteiger partial charge in [0.05, 0.1) is 5.69 Å². The van der Waals surface area contributed by atoms with E-state index in [-0.39, 0.29) is 27.1 Å². The van der Waals surface area contributed by atoms with Gasteiger partial charge in [-0.2, -0.15) is 8.42 Å². The standard InChI is InChI=1S/C18H16N2O5S/c1-10-5-6-11(9-14(10)19)18(22)20-15-8-7-12-13(17(15)21)3-2-4-16(12)26(23,24)25/h2-9,21H,19H2,1H3,(H,20,22)(H,23,24,25). The molecule has 0 heterocycles. The number of nitrogens with one attached hydrogen (secondary N) is 1. The fourth-order valence-electron chi connectivity index (χ4n) is 2.62. The number of fused-ring (bicyclic) bond motifs is 1. The highest BCUT2D eigenvalue weighted by Crippen LogP contribution is 2.35. The van der Waals surface area contributed by atoms with Crippen molar-refractivity contribution in [2.45, 2.75) is 11.8 Å². The number of nitrogen functional groups attached to an aromatic ring is 1. The Morgan fingerprint density at radius 1 is 1.08 bits per heavy atom. The first kappa shape index (κ1) is 17.7. The van der Waals surface area contributed by atoms with Crippen molar-refractivity contribution in [3.63, 3.8) is 0 Å². The molecular formula is C18H16N2O5S. The van der Waals surface area contributed by atoms with E-state index < -0.39 is 16.0 Å². The molecule has 3 aromatic carbocycles. The number of aromatic hydroxyl groups is 1. The maximum atomic E-state index is 12.4. The summed E-state index contributed by atoms with van der Waals surface area (Å²) in [5.74, 6) is -0.779. The van der Waals surface area contributed by atoms with E-state index in [2.05, 4.69) is 5.32 Å². The van der Waals surface area contributed by atoms with Crippen LogP contribution in [-0.4, -0.2) is 24.0 Å². The summed E-state index contributed by atoms with van der Waals surface area (Å²) >= 11 is 0. The number of anilines is 2. The molecular weight excluding hydrogens is 356 g/mol. The Morgan fingerprint density at radius 2 is 1.81 bits per heavy atom. The molecule has 0 aromatic heterocycles. The van der Waals surface area contributed by atoms with Crippen LogP contribution in [0.5, 0.6) is 5.75 Å². The van der Waals surface area contributed by atoms with Crippen LogP contribution in [0.4, 0.5) is 11.4 Å². The van der Waals surface area contributed by atoms with Crippen molar-refractivity contribution in [1.29, 1.82) is 0 Å². The minimum atomic E-state index is -4.45. The zero-order chi connectivity index (χ0) is 19.1. The Kier molecular flexibility index (Phi) is 4.31. The molecule has 3 aromatic rings. The molecule has 0 saturated heterocycles. The predicted molar refractivity (Wildman–Crippen MR) is 99.0 cm³/mol. The van der Waals surface area contributed by atoms with Gasteiger partial charge >= 0.3 is 0 Å². The van der Waals surface area contributed by atoms with E-state index in [1.807, 2.05) is 6.92 Å². The minimum Gasteiger partial charge on any atom is -0.505 e. The third-order valence-electron chi connectivity index (χ3n) is 4.06. The van der Waals surface area contributed by atoms with Gasteiger partial charge in [0.25, 0.3) is 16.0 Å². The summed E-state index contributed by atoms with van der Waals surface area (Å²) in [6.45, 7) is 1.82. The second-order valence-electron chi connectivity index (χ2n) is 5.81. The van der Waals surface area contributed by atoms with Gasteiger partial charge in [0.2, 0.25) is 0 Å². The fourth-order valence-corrected chi connectivity index (χ4v) is 3.32. The SMILES string of the molecule is Cc1ccc(C(=O)Nc2ccc3c(S(=O)(=O)O)cccc3c2O)cc1N. The molecule has 0 fully saturated rings. The van der Waals surface area contributed by atoms with Crippen LogP contribution < -0.4 is 11.1 Å². The largest absolute Gasteiger partial charge is 0.505 e. The van der Waals surface area contributed by atoms with Crippen LogP contribution in [0.25, 0.3) is 10.8 Å². The molecule has 134 valence electrons. The Balaban J connectivity index is 2.03. The van der Waals surface area contributed by atoms with E-state index in [1.54, 1.807) is 12.1 Å². The molecule has 7 nitrogen and oxygen atoms in total. The summed E-state index contributed by atoms with van der Waals surface area (Å²) in [6.07, 6.45) is 0. The second kappa shape index (κ2) is 6.32. The molecule has 0 atom stereocenters. The number of benzene rings is 3. The topological polar surface area (TPSA) is 130 Å². The average molecular weight is 372 g/mol. The van der Waals surface area contributed by atoms with Crippen molar-refractivity contribution in [2.24, 2.45) is 0 Å². The van der Waals surface area contributed by atoms with E-state index in [9.17, 15) is 22.9 Å². The second-order valence-corrected chi connectivity index (χ2v) is 7.20. The van der Waals surface area contributed by atoms with E-state index in [0.29, 0.717) is 11.3 Å². The lowest BCUT2D eigenvalue weighted by molar-refractivity contribution is 0.102. The Morgan fingerprint density at radius 3 is 2.46 bits per heavy atom. The smallest absolute Gasteiger partial charge is 0.295 e. The normalized spacial score (nSPS) is 11.5.